The molecule has 1 aromatic heterocycles. The smallest absolute Gasteiger partial charge is 0.362 e. The molecule has 0 amide bonds. The van der Waals surface area contributed by atoms with Crippen LogP contribution in [0.15, 0.2) is 16.9 Å². The second-order valence-electron chi connectivity index (χ2n) is 3.52. The van der Waals surface area contributed by atoms with Gasteiger partial charge in [-0.2, -0.15) is 0 Å². The fourth-order valence-electron chi connectivity index (χ4n) is 1.42. The third-order valence-corrected chi connectivity index (χ3v) is 3.11. The number of halogens is 3. The molecule has 0 unspecified atom stereocenters. The second-order valence-corrected chi connectivity index (χ2v) is 4.72. The highest BCUT2D eigenvalue weighted by Crippen LogP contribution is 2.25. The van der Waals surface area contributed by atoms with Gasteiger partial charge in [0.1, 0.15) is 6.61 Å². The molecular weight excluding hydrogens is 314 g/mol. The highest BCUT2D eigenvalue weighted by atomic mass is 35.5. The summed E-state index contributed by atoms with van der Waals surface area (Å²) in [7, 11) is 0. The van der Waals surface area contributed by atoms with Crippen LogP contribution in [0, 0.1) is 0 Å². The Balaban J connectivity index is 2.52. The monoisotopic (exact) mass is 320 g/mol. The molecule has 8 heteroatoms. The zero-order valence-corrected chi connectivity index (χ0v) is 11.6. The van der Waals surface area contributed by atoms with Gasteiger partial charge >= 0.3 is 5.97 Å². The van der Waals surface area contributed by atoms with Gasteiger partial charge in [-0.15, -0.1) is 11.6 Å². The van der Waals surface area contributed by atoms with E-state index in [9.17, 15) is 9.59 Å². The Bertz CT molecular complexity index is 699. The summed E-state index contributed by atoms with van der Waals surface area (Å²) in [6, 6.07) is 2.91. The quantitative estimate of drug-likeness (QED) is 0.697. The standard InChI is InChI=1S/C11H7Cl3N2O3/c12-1-2-19-11(18)9-10(17)16-8-4-6(14)5(13)3-7(8)15-9/h3-4H,1-2H2,(H,16,17). The van der Waals surface area contributed by atoms with E-state index in [0.29, 0.717) is 11.0 Å². The van der Waals surface area contributed by atoms with E-state index in [1.807, 2.05) is 0 Å². The number of hydrogen-bond donors (Lipinski definition) is 1. The van der Waals surface area contributed by atoms with Crippen molar-refractivity contribution in [3.8, 4) is 0 Å². The molecule has 1 heterocycles. The average molecular weight is 322 g/mol. The third kappa shape index (κ3) is 3.00. The number of carbonyl (C=O) groups excluding carboxylic acids is 1. The van der Waals surface area contributed by atoms with Gasteiger partial charge in [-0.1, -0.05) is 23.2 Å². The van der Waals surface area contributed by atoms with E-state index < -0.39 is 11.5 Å². The number of rotatable bonds is 3. The number of aromatic amines is 1. The third-order valence-electron chi connectivity index (χ3n) is 2.24. The normalized spacial score (nSPS) is 10.7. The number of aromatic nitrogens is 2. The van der Waals surface area contributed by atoms with Crippen molar-refractivity contribution in [3.05, 3.63) is 38.2 Å². The molecule has 0 aliphatic carbocycles. The number of nitrogens with one attached hydrogen (secondary N) is 1. The van der Waals surface area contributed by atoms with Crippen molar-refractivity contribution in [2.24, 2.45) is 0 Å². The van der Waals surface area contributed by atoms with Crippen molar-refractivity contribution in [2.45, 2.75) is 0 Å². The van der Waals surface area contributed by atoms with Gasteiger partial charge in [0.05, 0.1) is 27.0 Å². The average Bonchev–Trinajstić information content (AvgIpc) is 2.37. The first-order valence-corrected chi connectivity index (χ1v) is 6.44. The molecule has 1 N–H and O–H groups in total. The fraction of sp³-hybridized carbons (Fsp3) is 0.182. The molecule has 0 aliphatic heterocycles. The Labute approximate surface area is 122 Å². The van der Waals surface area contributed by atoms with Gasteiger partial charge < -0.3 is 9.72 Å². The highest BCUT2D eigenvalue weighted by molar-refractivity contribution is 6.42. The number of fused-ring (bicyclic) bond motifs is 1. The number of H-pyrrole nitrogens is 1. The lowest BCUT2D eigenvalue weighted by Gasteiger charge is -2.04. The molecule has 0 bridgehead atoms. The Kier molecular flexibility index (Phi) is 4.29. The SMILES string of the molecule is O=C(OCCCl)c1nc2cc(Cl)c(Cl)cc2[nH]c1=O. The first kappa shape index (κ1) is 14.1. The van der Waals surface area contributed by atoms with Crippen molar-refractivity contribution < 1.29 is 9.53 Å². The summed E-state index contributed by atoms with van der Waals surface area (Å²) in [6.07, 6.45) is 0. The van der Waals surface area contributed by atoms with Gasteiger partial charge in [0.2, 0.25) is 5.69 Å². The number of carbonyl (C=O) groups is 1. The number of hydrogen-bond acceptors (Lipinski definition) is 4. The van der Waals surface area contributed by atoms with E-state index in [1.54, 1.807) is 0 Å². The molecule has 100 valence electrons. The zero-order chi connectivity index (χ0) is 14.0. The Morgan fingerprint density at radius 1 is 1.32 bits per heavy atom. The van der Waals surface area contributed by atoms with Gasteiger partial charge in [-0.3, -0.25) is 4.79 Å². The minimum Gasteiger partial charge on any atom is -0.460 e. The van der Waals surface area contributed by atoms with Crippen LogP contribution in [0.2, 0.25) is 10.0 Å². The van der Waals surface area contributed by atoms with Crippen LogP contribution in [0.4, 0.5) is 0 Å². The fourth-order valence-corrected chi connectivity index (χ4v) is 1.82. The number of ether oxygens (including phenoxy) is 1. The maximum absolute atomic E-state index is 11.7. The number of alkyl halides is 1. The highest BCUT2D eigenvalue weighted by Gasteiger charge is 2.16. The van der Waals surface area contributed by atoms with Crippen LogP contribution in [0.5, 0.6) is 0 Å². The lowest BCUT2D eigenvalue weighted by molar-refractivity contribution is 0.0520. The van der Waals surface area contributed by atoms with E-state index in [1.165, 1.54) is 12.1 Å². The molecule has 0 fully saturated rings. The van der Waals surface area contributed by atoms with E-state index in [0.717, 1.165) is 0 Å². The van der Waals surface area contributed by atoms with Crippen molar-refractivity contribution in [1.29, 1.82) is 0 Å². The lowest BCUT2D eigenvalue weighted by atomic mass is 10.3. The predicted molar refractivity (Wildman–Crippen MR) is 73.4 cm³/mol. The molecule has 2 aromatic rings. The number of benzene rings is 1. The van der Waals surface area contributed by atoms with Crippen molar-refractivity contribution in [2.75, 3.05) is 12.5 Å². The summed E-state index contributed by atoms with van der Waals surface area (Å²) >= 11 is 17.1. The molecule has 1 aromatic carbocycles. The molecule has 0 saturated carbocycles. The topological polar surface area (TPSA) is 72.0 Å². The minimum absolute atomic E-state index is 0.000913. The van der Waals surface area contributed by atoms with E-state index in [2.05, 4.69) is 9.97 Å². The Morgan fingerprint density at radius 3 is 2.68 bits per heavy atom. The van der Waals surface area contributed by atoms with Crippen LogP contribution in [-0.2, 0) is 4.74 Å². The van der Waals surface area contributed by atoms with Crippen molar-refractivity contribution in [3.63, 3.8) is 0 Å². The first-order valence-electron chi connectivity index (χ1n) is 5.15. The van der Waals surface area contributed by atoms with Crippen molar-refractivity contribution >= 4 is 51.8 Å². The Hall–Kier alpha value is -1.30. The minimum atomic E-state index is -0.838. The molecule has 0 atom stereocenters. The predicted octanol–water partition coefficient (Wildman–Crippen LogP) is 2.63. The van der Waals surface area contributed by atoms with Crippen LogP contribution >= 0.6 is 34.8 Å². The molecule has 5 nitrogen and oxygen atoms in total. The zero-order valence-electron chi connectivity index (χ0n) is 9.37. The molecule has 0 saturated heterocycles. The summed E-state index contributed by atoms with van der Waals surface area (Å²) < 4.78 is 4.75. The largest absolute Gasteiger partial charge is 0.460 e. The van der Waals surface area contributed by atoms with Crippen LogP contribution in [0.3, 0.4) is 0 Å². The summed E-state index contributed by atoms with van der Waals surface area (Å²) in [5, 5.41) is 0.554. The van der Waals surface area contributed by atoms with E-state index in [4.69, 9.17) is 39.5 Å². The number of nitrogens with zero attached hydrogens (tertiary/aromatic N) is 1. The summed E-state index contributed by atoms with van der Waals surface area (Å²) in [5.74, 6) is -0.701. The molecule has 2 rings (SSSR count). The van der Waals surface area contributed by atoms with Crippen LogP contribution in [0.25, 0.3) is 11.0 Å². The molecule has 0 aliphatic rings. The maximum Gasteiger partial charge on any atom is 0.362 e. The van der Waals surface area contributed by atoms with Crippen LogP contribution in [0.1, 0.15) is 10.5 Å². The molecule has 19 heavy (non-hydrogen) atoms. The van der Waals surface area contributed by atoms with Gasteiger partial charge in [-0.05, 0) is 12.1 Å². The summed E-state index contributed by atoms with van der Waals surface area (Å²) in [4.78, 5) is 29.7. The van der Waals surface area contributed by atoms with Crippen LogP contribution < -0.4 is 5.56 Å². The lowest BCUT2D eigenvalue weighted by Crippen LogP contribution is -2.22. The van der Waals surface area contributed by atoms with E-state index in [-0.39, 0.29) is 28.2 Å². The van der Waals surface area contributed by atoms with Gasteiger partial charge in [0, 0.05) is 0 Å². The Morgan fingerprint density at radius 2 is 2.00 bits per heavy atom. The van der Waals surface area contributed by atoms with E-state index >= 15 is 0 Å². The van der Waals surface area contributed by atoms with Crippen molar-refractivity contribution in [1.82, 2.24) is 9.97 Å². The molecule has 0 spiro atoms. The van der Waals surface area contributed by atoms with Gasteiger partial charge in [-0.25, -0.2) is 9.78 Å². The summed E-state index contributed by atoms with van der Waals surface area (Å²) in [6.45, 7) is 0.000913. The molecular formula is C11H7Cl3N2O3. The van der Waals surface area contributed by atoms with Gasteiger partial charge in [0.15, 0.2) is 0 Å². The van der Waals surface area contributed by atoms with Crippen LogP contribution in [-0.4, -0.2) is 28.4 Å². The molecule has 0 radical (unpaired) electrons. The maximum atomic E-state index is 11.7. The first-order chi connectivity index (χ1) is 9.02. The summed E-state index contributed by atoms with van der Waals surface area (Å²) in [5.41, 5.74) is -0.290. The van der Waals surface area contributed by atoms with Gasteiger partial charge in [0.25, 0.3) is 5.56 Å². The second kappa shape index (κ2) is 5.77. The number of esters is 1.